The first-order valence-corrected chi connectivity index (χ1v) is 12.2. The summed E-state index contributed by atoms with van der Waals surface area (Å²) in [5.74, 6) is -2.99. The molecule has 194 valence electrons. The lowest BCUT2D eigenvalue weighted by Crippen LogP contribution is -2.53. The zero-order valence-corrected chi connectivity index (χ0v) is 20.7. The third-order valence-electron chi connectivity index (χ3n) is 6.42. The molecule has 1 aromatic carbocycles. The smallest absolute Gasteiger partial charge is 0.417 e. The van der Waals surface area contributed by atoms with Crippen LogP contribution in [0.5, 0.6) is 0 Å². The predicted octanol–water partition coefficient (Wildman–Crippen LogP) is 3.24. The number of carboxylic acid groups (broad SMARTS) is 1. The van der Waals surface area contributed by atoms with Gasteiger partial charge < -0.3 is 25.0 Å². The number of benzene rings is 1. The molecule has 2 aliphatic heterocycles. The fraction of sp³-hybridized carbons (Fsp3) is 0.609. The molecule has 0 radical (unpaired) electrons. The number of likely N-dealkylation sites (N-methyl/N-ethyl adjacent to an activating group) is 1. The molecule has 1 unspecified atom stereocenters. The molecule has 3 rings (SSSR count). The van der Waals surface area contributed by atoms with Gasteiger partial charge in [0.2, 0.25) is 0 Å². The van der Waals surface area contributed by atoms with E-state index in [4.69, 9.17) is 4.74 Å². The van der Waals surface area contributed by atoms with E-state index in [2.05, 4.69) is 5.32 Å². The number of anilines is 1. The van der Waals surface area contributed by atoms with Crippen LogP contribution >= 0.6 is 11.8 Å². The minimum absolute atomic E-state index is 0.00731. The number of hydrogen-bond acceptors (Lipinski definition) is 6. The molecule has 0 saturated carbocycles. The van der Waals surface area contributed by atoms with E-state index < -0.39 is 39.8 Å². The molecule has 8 nitrogen and oxygen atoms in total. The van der Waals surface area contributed by atoms with Gasteiger partial charge in [-0.1, -0.05) is 11.8 Å². The fourth-order valence-corrected chi connectivity index (χ4v) is 5.47. The zero-order chi connectivity index (χ0) is 26.0. The van der Waals surface area contributed by atoms with Crippen LogP contribution in [0.1, 0.15) is 48.5 Å². The third kappa shape index (κ3) is 5.59. The van der Waals surface area contributed by atoms with Crippen LogP contribution in [0.4, 0.5) is 18.9 Å². The summed E-state index contributed by atoms with van der Waals surface area (Å²) in [5, 5.41) is 12.9. The van der Waals surface area contributed by atoms with E-state index in [9.17, 15) is 32.7 Å². The van der Waals surface area contributed by atoms with E-state index in [0.717, 1.165) is 25.1 Å². The Morgan fingerprint density at radius 3 is 2.63 bits per heavy atom. The zero-order valence-electron chi connectivity index (χ0n) is 19.9. The van der Waals surface area contributed by atoms with Gasteiger partial charge in [-0.25, -0.2) is 0 Å². The monoisotopic (exact) mass is 517 g/mol. The van der Waals surface area contributed by atoms with Crippen molar-refractivity contribution in [1.82, 2.24) is 10.2 Å². The average Bonchev–Trinajstić information content (AvgIpc) is 2.82. The van der Waals surface area contributed by atoms with E-state index in [1.165, 1.54) is 30.9 Å². The Bertz CT molecular complexity index is 984. The normalized spacial score (nSPS) is 22.6. The highest BCUT2D eigenvalue weighted by Crippen LogP contribution is 2.49. The number of rotatable bonds is 8. The second-order valence-corrected chi connectivity index (χ2v) is 10.3. The highest BCUT2D eigenvalue weighted by Gasteiger charge is 2.51. The van der Waals surface area contributed by atoms with Crippen molar-refractivity contribution in [3.05, 3.63) is 23.3 Å². The van der Waals surface area contributed by atoms with Crippen LogP contribution in [0, 0.1) is 0 Å². The molecule has 0 spiro atoms. The number of nitrogens with one attached hydrogen (secondary N) is 1. The van der Waals surface area contributed by atoms with Gasteiger partial charge in [0.15, 0.2) is 4.75 Å². The number of halogens is 3. The molecule has 0 aliphatic carbocycles. The number of hydrogen-bond donors (Lipinski definition) is 2. The number of fused-ring (bicyclic) bond motifs is 1. The van der Waals surface area contributed by atoms with Crippen molar-refractivity contribution in [2.45, 2.75) is 54.5 Å². The summed E-state index contributed by atoms with van der Waals surface area (Å²) >= 11 is 0.560. The number of aliphatic carboxylic acids is 1. The first-order chi connectivity index (χ1) is 16.4. The molecular weight excluding hydrogens is 487 g/mol. The van der Waals surface area contributed by atoms with Crippen molar-refractivity contribution in [3.63, 3.8) is 0 Å². The predicted molar refractivity (Wildman–Crippen MR) is 125 cm³/mol. The molecule has 1 aromatic rings. The standard InChI is InChI=1S/C23H30F3N3O5S/c1-22(21(32)33)20(31)29(9-4-5-10-34-3)17-11-15(16(23(24,25)26)12-18(17)35-22)19(30)28(2)14-7-6-8-27-13-14/h11-12,14,27H,4-10,13H2,1-3H3,(H,32,33)/t14-,22?/m1/s1. The van der Waals surface area contributed by atoms with Gasteiger partial charge in [0, 0.05) is 44.8 Å². The summed E-state index contributed by atoms with van der Waals surface area (Å²) in [4.78, 5) is 41.0. The van der Waals surface area contributed by atoms with E-state index in [1.807, 2.05) is 0 Å². The van der Waals surface area contributed by atoms with E-state index >= 15 is 0 Å². The maximum Gasteiger partial charge on any atom is 0.417 e. The van der Waals surface area contributed by atoms with Gasteiger partial charge in [-0.15, -0.1) is 0 Å². The molecule has 2 heterocycles. The number of amides is 2. The van der Waals surface area contributed by atoms with Crippen molar-refractivity contribution in [2.75, 3.05) is 45.3 Å². The Morgan fingerprint density at radius 2 is 2.06 bits per heavy atom. The summed E-state index contributed by atoms with van der Waals surface area (Å²) < 4.78 is 45.3. The molecule has 12 heteroatoms. The molecule has 1 fully saturated rings. The van der Waals surface area contributed by atoms with E-state index in [0.29, 0.717) is 44.2 Å². The van der Waals surface area contributed by atoms with Gasteiger partial charge in [-0.3, -0.25) is 14.4 Å². The first kappa shape index (κ1) is 27.3. The maximum absolute atomic E-state index is 14.1. The second kappa shape index (κ2) is 10.8. The first-order valence-electron chi connectivity index (χ1n) is 11.4. The Balaban J connectivity index is 2.10. The highest BCUT2D eigenvalue weighted by molar-refractivity contribution is 8.02. The van der Waals surface area contributed by atoms with Crippen molar-refractivity contribution < 1.29 is 37.4 Å². The lowest BCUT2D eigenvalue weighted by Gasteiger charge is -2.38. The summed E-state index contributed by atoms with van der Waals surface area (Å²) in [5.41, 5.74) is -1.59. The average molecular weight is 518 g/mol. The number of thioether (sulfide) groups is 1. The molecule has 35 heavy (non-hydrogen) atoms. The number of carbonyl (C=O) groups is 3. The minimum Gasteiger partial charge on any atom is -0.480 e. The fourth-order valence-electron chi connectivity index (χ4n) is 4.30. The lowest BCUT2D eigenvalue weighted by molar-refractivity contribution is -0.143. The molecule has 2 amide bonds. The number of methoxy groups -OCH3 is 1. The Labute approximate surface area is 206 Å². The molecule has 0 aromatic heterocycles. The topological polar surface area (TPSA) is 99.2 Å². The molecule has 1 saturated heterocycles. The van der Waals surface area contributed by atoms with Gasteiger partial charge in [0.05, 0.1) is 16.8 Å². The van der Waals surface area contributed by atoms with Gasteiger partial charge >= 0.3 is 12.1 Å². The highest BCUT2D eigenvalue weighted by atomic mass is 32.2. The number of piperidine rings is 1. The molecule has 2 aliphatic rings. The van der Waals surface area contributed by atoms with Crippen LogP contribution in [-0.4, -0.2) is 79.0 Å². The van der Waals surface area contributed by atoms with Gasteiger partial charge in [-0.05, 0) is 51.3 Å². The Hall–Kier alpha value is -2.31. The van der Waals surface area contributed by atoms with E-state index in [1.54, 1.807) is 0 Å². The van der Waals surface area contributed by atoms with Crippen LogP contribution in [0.25, 0.3) is 0 Å². The van der Waals surface area contributed by atoms with Crippen molar-refractivity contribution in [3.8, 4) is 0 Å². The third-order valence-corrected chi connectivity index (χ3v) is 7.72. The minimum atomic E-state index is -4.85. The van der Waals surface area contributed by atoms with E-state index in [-0.39, 0.29) is 23.2 Å². The summed E-state index contributed by atoms with van der Waals surface area (Å²) in [6.45, 7) is 2.94. The van der Waals surface area contributed by atoms with Crippen molar-refractivity contribution in [1.29, 1.82) is 0 Å². The Morgan fingerprint density at radius 1 is 1.34 bits per heavy atom. The number of carboxylic acids is 1. The summed E-state index contributed by atoms with van der Waals surface area (Å²) in [7, 11) is 3.00. The molecule has 2 atom stereocenters. The molecule has 2 N–H and O–H groups in total. The molecule has 0 bridgehead atoms. The summed E-state index contributed by atoms with van der Waals surface area (Å²) in [6.07, 6.45) is -2.38. The SMILES string of the molecule is COCCCCN1C(=O)C(C)(C(=O)O)Sc2cc(C(F)(F)F)c(C(=O)N(C)[C@@H]3CCCNC3)cc21. The number of carbonyl (C=O) groups excluding carboxylic acids is 2. The number of alkyl halides is 3. The summed E-state index contributed by atoms with van der Waals surface area (Å²) in [6, 6.07) is 1.64. The number of nitrogens with zero attached hydrogens (tertiary/aromatic N) is 2. The number of unbranched alkanes of at least 4 members (excludes halogenated alkanes) is 1. The van der Waals surface area contributed by atoms with Crippen LogP contribution in [0.15, 0.2) is 17.0 Å². The van der Waals surface area contributed by atoms with Crippen molar-refractivity contribution >= 4 is 35.2 Å². The van der Waals surface area contributed by atoms with Crippen LogP contribution < -0.4 is 10.2 Å². The second-order valence-electron chi connectivity index (χ2n) is 8.88. The van der Waals surface area contributed by atoms with Crippen LogP contribution in [0.2, 0.25) is 0 Å². The number of ether oxygens (including phenoxy) is 1. The van der Waals surface area contributed by atoms with Crippen LogP contribution in [-0.2, 0) is 20.5 Å². The molecular formula is C23H30F3N3O5S. The van der Waals surface area contributed by atoms with Crippen LogP contribution in [0.3, 0.4) is 0 Å². The van der Waals surface area contributed by atoms with Crippen molar-refractivity contribution in [2.24, 2.45) is 0 Å². The Kier molecular flexibility index (Phi) is 8.38. The largest absolute Gasteiger partial charge is 0.480 e. The van der Waals surface area contributed by atoms with Gasteiger partial charge in [0.1, 0.15) is 0 Å². The quantitative estimate of drug-likeness (QED) is 0.404. The maximum atomic E-state index is 14.1. The lowest BCUT2D eigenvalue weighted by atomic mass is 10.00. The van der Waals surface area contributed by atoms with Gasteiger partial charge in [0.25, 0.3) is 11.8 Å². The van der Waals surface area contributed by atoms with Gasteiger partial charge in [-0.2, -0.15) is 13.2 Å².